The molecule has 0 bridgehead atoms. The molecule has 0 saturated heterocycles. The smallest absolute Gasteiger partial charge is 0.248 e. The Bertz CT molecular complexity index is 1320. The summed E-state index contributed by atoms with van der Waals surface area (Å²) in [6, 6.07) is 10.3. The number of sulfone groups is 1. The van der Waals surface area contributed by atoms with Crippen LogP contribution in [0.1, 0.15) is 35.9 Å². The van der Waals surface area contributed by atoms with Crippen molar-refractivity contribution < 1.29 is 26.7 Å². The average Bonchev–Trinajstić information content (AvgIpc) is 3.29. The van der Waals surface area contributed by atoms with Gasteiger partial charge in [0.2, 0.25) is 5.92 Å². The fourth-order valence-corrected chi connectivity index (χ4v) is 5.44. The summed E-state index contributed by atoms with van der Waals surface area (Å²) in [5.74, 6) is -3.10. The van der Waals surface area contributed by atoms with Gasteiger partial charge in [0.05, 0.1) is 10.6 Å². The molecule has 2 heterocycles. The van der Waals surface area contributed by atoms with Crippen LogP contribution in [0.5, 0.6) is 0 Å². The van der Waals surface area contributed by atoms with E-state index >= 15 is 0 Å². The third-order valence-corrected chi connectivity index (χ3v) is 7.59. The van der Waals surface area contributed by atoms with Gasteiger partial charge in [0.25, 0.3) is 0 Å². The first-order valence-corrected chi connectivity index (χ1v) is 12.8. The number of halogens is 3. The lowest BCUT2D eigenvalue weighted by atomic mass is 9.81. The summed E-state index contributed by atoms with van der Waals surface area (Å²) in [7, 11) is -3.53. The molecule has 0 spiro atoms. The van der Waals surface area contributed by atoms with Gasteiger partial charge in [0.1, 0.15) is 12.0 Å². The van der Waals surface area contributed by atoms with Crippen LogP contribution in [0.25, 0.3) is 11.1 Å². The molecule has 5 rings (SSSR count). The highest BCUT2D eigenvalue weighted by molar-refractivity contribution is 7.90. The fraction of sp³-hybridized carbons (Fsp3) is 0.375. The number of rotatable bonds is 6. The Balaban J connectivity index is 1.40. The van der Waals surface area contributed by atoms with Crippen LogP contribution in [0.3, 0.4) is 0 Å². The summed E-state index contributed by atoms with van der Waals surface area (Å²) < 4.78 is 66.1. The Hall–Kier alpha value is -2.69. The van der Waals surface area contributed by atoms with Crippen LogP contribution in [-0.4, -0.2) is 40.4 Å². The Morgan fingerprint density at radius 3 is 2.59 bits per heavy atom. The summed E-state index contributed by atoms with van der Waals surface area (Å²) in [6.07, 6.45) is 1.50. The number of fused-ring (bicyclic) bond motifs is 1. The first-order chi connectivity index (χ1) is 16.0. The van der Waals surface area contributed by atoms with E-state index in [0.717, 1.165) is 17.5 Å². The minimum absolute atomic E-state index is 0.0566. The summed E-state index contributed by atoms with van der Waals surface area (Å²) in [5, 5.41) is 15.8. The predicted molar refractivity (Wildman–Crippen MR) is 119 cm³/mol. The lowest BCUT2D eigenvalue weighted by Gasteiger charge is -2.34. The minimum Gasteiger partial charge on any atom is -0.374 e. The van der Waals surface area contributed by atoms with Crippen LogP contribution in [0.2, 0.25) is 0 Å². The summed E-state index contributed by atoms with van der Waals surface area (Å²) in [5.41, 5.74) is 3.03. The number of alkyl halides is 2. The third-order valence-electron chi connectivity index (χ3n) is 6.48. The number of benzene rings is 2. The van der Waals surface area contributed by atoms with E-state index in [2.05, 4.69) is 5.10 Å². The number of aromatic nitrogens is 2. The molecule has 0 amide bonds. The van der Waals surface area contributed by atoms with Crippen molar-refractivity contribution >= 4 is 9.84 Å². The zero-order chi connectivity index (χ0) is 24.3. The van der Waals surface area contributed by atoms with Crippen molar-refractivity contribution in [2.45, 2.75) is 49.5 Å². The number of aliphatic hydroxyl groups excluding tert-OH is 1. The second kappa shape index (κ2) is 8.21. The largest absolute Gasteiger partial charge is 0.374 e. The van der Waals surface area contributed by atoms with Crippen molar-refractivity contribution in [3.8, 4) is 11.1 Å². The van der Waals surface area contributed by atoms with E-state index in [1.807, 2.05) is 6.20 Å². The minimum atomic E-state index is -3.53. The van der Waals surface area contributed by atoms with Crippen molar-refractivity contribution in [2.24, 2.45) is 5.92 Å². The van der Waals surface area contributed by atoms with Gasteiger partial charge in [-0.2, -0.15) is 5.10 Å². The Kier molecular flexibility index (Phi) is 5.57. The molecule has 10 heteroatoms. The SMILES string of the molecule is CS(=O)(=O)c1ccc(-c2cccc(F)c2)c(C(O)N2Cc3cn(CC4CC(F)(F)C4)nc3C2)c1. The molecule has 1 atom stereocenters. The average molecular weight is 492 g/mol. The van der Waals surface area contributed by atoms with E-state index in [4.69, 9.17) is 0 Å². The molecular weight excluding hydrogens is 467 g/mol. The summed E-state index contributed by atoms with van der Waals surface area (Å²) >= 11 is 0. The van der Waals surface area contributed by atoms with Gasteiger partial charge in [0, 0.05) is 56.1 Å². The van der Waals surface area contributed by atoms with E-state index in [1.54, 1.807) is 27.8 Å². The zero-order valence-corrected chi connectivity index (χ0v) is 19.3. The molecule has 3 aromatic rings. The van der Waals surface area contributed by atoms with Gasteiger partial charge in [-0.25, -0.2) is 21.6 Å². The first-order valence-electron chi connectivity index (χ1n) is 10.9. The molecule has 2 aliphatic rings. The van der Waals surface area contributed by atoms with Crippen LogP contribution in [0, 0.1) is 11.7 Å². The Morgan fingerprint density at radius 2 is 1.94 bits per heavy atom. The maximum Gasteiger partial charge on any atom is 0.248 e. The van der Waals surface area contributed by atoms with Crippen LogP contribution in [-0.2, 0) is 29.5 Å². The van der Waals surface area contributed by atoms with E-state index in [0.29, 0.717) is 36.3 Å². The van der Waals surface area contributed by atoms with Crippen LogP contribution < -0.4 is 0 Å². The molecule has 1 aliphatic carbocycles. The Labute approximate surface area is 195 Å². The molecule has 1 saturated carbocycles. The van der Waals surface area contributed by atoms with Gasteiger partial charge in [-0.15, -0.1) is 0 Å². The quantitative estimate of drug-likeness (QED) is 0.561. The maximum absolute atomic E-state index is 13.9. The predicted octanol–water partition coefficient (Wildman–Crippen LogP) is 4.14. The second-order valence-corrected chi connectivity index (χ2v) is 11.3. The summed E-state index contributed by atoms with van der Waals surface area (Å²) in [6.45, 7) is 1.12. The number of hydrogen-bond acceptors (Lipinski definition) is 5. The summed E-state index contributed by atoms with van der Waals surface area (Å²) in [4.78, 5) is 1.80. The molecule has 2 aromatic carbocycles. The molecule has 1 aliphatic heterocycles. The highest BCUT2D eigenvalue weighted by atomic mass is 32.2. The number of nitrogens with zero attached hydrogens (tertiary/aromatic N) is 3. The molecule has 34 heavy (non-hydrogen) atoms. The van der Waals surface area contributed by atoms with Gasteiger partial charge in [-0.1, -0.05) is 18.2 Å². The van der Waals surface area contributed by atoms with E-state index in [1.165, 1.54) is 24.3 Å². The van der Waals surface area contributed by atoms with Crippen LogP contribution >= 0.6 is 0 Å². The third kappa shape index (κ3) is 4.49. The van der Waals surface area contributed by atoms with E-state index in [-0.39, 0.29) is 23.7 Å². The van der Waals surface area contributed by atoms with Gasteiger partial charge < -0.3 is 5.11 Å². The lowest BCUT2D eigenvalue weighted by Crippen LogP contribution is -2.37. The van der Waals surface area contributed by atoms with Crippen molar-refractivity contribution in [1.29, 1.82) is 0 Å². The number of hydrogen-bond donors (Lipinski definition) is 1. The van der Waals surface area contributed by atoms with E-state index in [9.17, 15) is 26.7 Å². The molecular formula is C24H24F3N3O3S. The molecule has 0 radical (unpaired) electrons. The van der Waals surface area contributed by atoms with Crippen molar-refractivity contribution in [1.82, 2.24) is 14.7 Å². The molecule has 1 aromatic heterocycles. The maximum atomic E-state index is 13.9. The topological polar surface area (TPSA) is 75.4 Å². The zero-order valence-electron chi connectivity index (χ0n) is 18.5. The molecule has 1 unspecified atom stereocenters. The van der Waals surface area contributed by atoms with Gasteiger partial charge >= 0.3 is 0 Å². The fourth-order valence-electron chi connectivity index (χ4n) is 4.78. The van der Waals surface area contributed by atoms with Crippen molar-refractivity contribution in [2.75, 3.05) is 6.26 Å². The molecule has 180 valence electrons. The molecule has 1 fully saturated rings. The highest BCUT2D eigenvalue weighted by Gasteiger charge is 2.45. The normalized spacial score (nSPS) is 19.1. The first kappa shape index (κ1) is 23.1. The highest BCUT2D eigenvalue weighted by Crippen LogP contribution is 2.43. The molecule has 6 nitrogen and oxygen atoms in total. The van der Waals surface area contributed by atoms with E-state index < -0.39 is 27.8 Å². The van der Waals surface area contributed by atoms with Gasteiger partial charge in [0.15, 0.2) is 9.84 Å². The van der Waals surface area contributed by atoms with Crippen molar-refractivity contribution in [3.63, 3.8) is 0 Å². The monoisotopic (exact) mass is 491 g/mol. The van der Waals surface area contributed by atoms with Crippen LogP contribution in [0.15, 0.2) is 53.6 Å². The Morgan fingerprint density at radius 1 is 1.18 bits per heavy atom. The van der Waals surface area contributed by atoms with Crippen molar-refractivity contribution in [3.05, 3.63) is 71.3 Å². The number of aliphatic hydroxyl groups is 1. The second-order valence-electron chi connectivity index (χ2n) is 9.26. The molecule has 1 N–H and O–H groups in total. The van der Waals surface area contributed by atoms with Crippen LogP contribution in [0.4, 0.5) is 13.2 Å². The van der Waals surface area contributed by atoms with Gasteiger partial charge in [-0.3, -0.25) is 9.58 Å². The standard InChI is InChI=1S/C24H24F3N3O3S/c1-34(32,33)19-5-6-20(16-3-2-4-18(25)7-16)21(8-19)23(31)29-12-17-13-30(28-22(17)14-29)11-15-9-24(26,27)10-15/h2-8,13,15,23,31H,9-12,14H2,1H3. The van der Waals surface area contributed by atoms with Gasteiger partial charge in [-0.05, 0) is 41.3 Å². The lowest BCUT2D eigenvalue weighted by molar-refractivity contribution is -0.114.